The van der Waals surface area contributed by atoms with Crippen LogP contribution < -0.4 is 5.32 Å². The van der Waals surface area contributed by atoms with E-state index in [1.807, 2.05) is 19.1 Å². The number of carbonyl (C=O) groups is 4. The number of carbonyl (C=O) groups excluding carboxylic acids is 4. The number of hydrogen-bond donors (Lipinski definition) is 1. The zero-order valence-electron chi connectivity index (χ0n) is 23.1. The summed E-state index contributed by atoms with van der Waals surface area (Å²) in [7, 11) is 0. The third kappa shape index (κ3) is 4.60. The van der Waals surface area contributed by atoms with Gasteiger partial charge in [-0.2, -0.15) is 0 Å². The lowest BCUT2D eigenvalue weighted by Gasteiger charge is -2.32. The standard InChI is InChI=1S/C32H29N5O4S/c1-18-33-28(27-24(17-42-30(27)34-18)20-5-3-2-4-6-20)21-11-13-36(14-12-21)16-19-7-8-22-23(15-19)32(41)37(31(22)40)25-9-10-26(38)35-29(25)39/h2-8,15,17,21,25H,9-14,16H2,1H3,(H,35,38,39). The minimum Gasteiger partial charge on any atom is -0.299 e. The lowest BCUT2D eigenvalue weighted by molar-refractivity contribution is -0.136. The van der Waals surface area contributed by atoms with Gasteiger partial charge in [0.1, 0.15) is 16.7 Å². The van der Waals surface area contributed by atoms with Crippen LogP contribution in [0.15, 0.2) is 53.9 Å². The van der Waals surface area contributed by atoms with Gasteiger partial charge in [-0.15, -0.1) is 11.3 Å². The molecular weight excluding hydrogens is 550 g/mol. The highest BCUT2D eigenvalue weighted by molar-refractivity contribution is 7.17. The number of likely N-dealkylation sites (tertiary alicyclic amines) is 1. The first-order valence-corrected chi connectivity index (χ1v) is 15.1. The Morgan fingerprint density at radius 2 is 1.67 bits per heavy atom. The van der Waals surface area contributed by atoms with Gasteiger partial charge in [0.25, 0.3) is 11.8 Å². The van der Waals surface area contributed by atoms with E-state index in [4.69, 9.17) is 9.97 Å². The second-order valence-corrected chi connectivity index (χ2v) is 12.1. The summed E-state index contributed by atoms with van der Waals surface area (Å²) in [5.74, 6) is -0.817. The van der Waals surface area contributed by atoms with E-state index in [0.717, 1.165) is 58.1 Å². The average Bonchev–Trinajstić information content (AvgIpc) is 3.52. The van der Waals surface area contributed by atoms with Crippen LogP contribution in [-0.4, -0.2) is 62.5 Å². The van der Waals surface area contributed by atoms with Crippen LogP contribution in [0.1, 0.15) is 69.4 Å². The van der Waals surface area contributed by atoms with E-state index < -0.39 is 23.8 Å². The van der Waals surface area contributed by atoms with Crippen molar-refractivity contribution < 1.29 is 19.2 Å². The third-order valence-corrected chi connectivity index (χ3v) is 9.42. The molecule has 0 radical (unpaired) electrons. The largest absolute Gasteiger partial charge is 0.299 e. The van der Waals surface area contributed by atoms with Crippen molar-refractivity contribution in [1.29, 1.82) is 0 Å². The van der Waals surface area contributed by atoms with E-state index in [1.165, 1.54) is 11.1 Å². The van der Waals surface area contributed by atoms with Crippen molar-refractivity contribution in [3.63, 3.8) is 0 Å². The van der Waals surface area contributed by atoms with Crippen LogP contribution in [0.5, 0.6) is 0 Å². The summed E-state index contributed by atoms with van der Waals surface area (Å²) in [5.41, 5.74) is 5.07. The van der Waals surface area contributed by atoms with Crippen molar-refractivity contribution >= 4 is 45.2 Å². The van der Waals surface area contributed by atoms with Crippen LogP contribution in [0.25, 0.3) is 21.3 Å². The fourth-order valence-corrected chi connectivity index (χ4v) is 7.45. The molecule has 4 aromatic rings. The first-order chi connectivity index (χ1) is 20.4. The molecule has 2 fully saturated rings. The molecule has 212 valence electrons. The van der Waals surface area contributed by atoms with Crippen molar-refractivity contribution in [1.82, 2.24) is 25.1 Å². The SMILES string of the molecule is Cc1nc(C2CCN(Cc3ccc4c(c3)C(=O)N(C3CCC(=O)NC3=O)C4=O)CC2)c2c(-c3ccccc3)csc2n1. The zero-order valence-corrected chi connectivity index (χ0v) is 23.9. The average molecular weight is 580 g/mol. The molecule has 1 N–H and O–H groups in total. The number of benzene rings is 2. The number of imide groups is 2. The van der Waals surface area contributed by atoms with E-state index in [2.05, 4.69) is 39.9 Å². The van der Waals surface area contributed by atoms with Crippen molar-refractivity contribution in [2.75, 3.05) is 13.1 Å². The Bertz CT molecular complexity index is 1760. The smallest absolute Gasteiger partial charge is 0.262 e. The maximum absolute atomic E-state index is 13.2. The van der Waals surface area contributed by atoms with E-state index in [9.17, 15) is 19.2 Å². The number of nitrogens with one attached hydrogen (secondary N) is 1. The summed E-state index contributed by atoms with van der Waals surface area (Å²) in [6.07, 6.45) is 2.17. The number of amides is 4. The maximum Gasteiger partial charge on any atom is 0.262 e. The van der Waals surface area contributed by atoms with E-state index >= 15 is 0 Å². The van der Waals surface area contributed by atoms with E-state index in [-0.39, 0.29) is 18.7 Å². The van der Waals surface area contributed by atoms with Crippen molar-refractivity contribution in [2.24, 2.45) is 0 Å². The van der Waals surface area contributed by atoms with Crippen molar-refractivity contribution in [2.45, 2.75) is 51.1 Å². The Labute approximate surface area is 246 Å². The number of thiophene rings is 1. The molecule has 0 saturated carbocycles. The summed E-state index contributed by atoms with van der Waals surface area (Å²) < 4.78 is 0. The number of hydrogen-bond acceptors (Lipinski definition) is 8. The molecule has 3 aliphatic rings. The summed E-state index contributed by atoms with van der Waals surface area (Å²) >= 11 is 1.67. The van der Waals surface area contributed by atoms with Crippen LogP contribution in [-0.2, 0) is 16.1 Å². The predicted octanol–water partition coefficient (Wildman–Crippen LogP) is 4.45. The lowest BCUT2D eigenvalue weighted by Crippen LogP contribution is -2.54. The monoisotopic (exact) mass is 579 g/mol. The molecule has 1 atom stereocenters. The highest BCUT2D eigenvalue weighted by Crippen LogP contribution is 2.40. The molecule has 0 spiro atoms. The molecule has 10 heteroatoms. The van der Waals surface area contributed by atoms with Crippen LogP contribution in [0, 0.1) is 6.92 Å². The third-order valence-electron chi connectivity index (χ3n) is 8.54. The van der Waals surface area contributed by atoms with Crippen molar-refractivity contribution in [3.8, 4) is 11.1 Å². The van der Waals surface area contributed by atoms with Gasteiger partial charge in [-0.25, -0.2) is 9.97 Å². The number of rotatable bonds is 5. The molecule has 3 aliphatic heterocycles. The number of piperidine rings is 2. The minimum absolute atomic E-state index is 0.102. The highest BCUT2D eigenvalue weighted by atomic mass is 32.1. The molecule has 2 aromatic heterocycles. The predicted molar refractivity (Wildman–Crippen MR) is 158 cm³/mol. The molecule has 1 unspecified atom stereocenters. The molecule has 5 heterocycles. The lowest BCUT2D eigenvalue weighted by atomic mass is 9.89. The number of aromatic nitrogens is 2. The number of nitrogens with zero attached hydrogens (tertiary/aromatic N) is 4. The molecule has 2 aromatic carbocycles. The van der Waals surface area contributed by atoms with Gasteiger partial charge in [0.2, 0.25) is 11.8 Å². The highest BCUT2D eigenvalue weighted by Gasteiger charge is 2.44. The Morgan fingerprint density at radius 1 is 0.905 bits per heavy atom. The summed E-state index contributed by atoms with van der Waals surface area (Å²) in [6, 6.07) is 14.8. The van der Waals surface area contributed by atoms with Crippen molar-refractivity contribution in [3.05, 3.63) is 82.1 Å². The fourth-order valence-electron chi connectivity index (χ4n) is 6.44. The van der Waals surface area contributed by atoms with Gasteiger partial charge in [0, 0.05) is 35.2 Å². The molecule has 4 amide bonds. The first-order valence-electron chi connectivity index (χ1n) is 14.3. The second kappa shape index (κ2) is 10.5. The second-order valence-electron chi connectivity index (χ2n) is 11.2. The van der Waals surface area contributed by atoms with E-state index in [0.29, 0.717) is 23.6 Å². The maximum atomic E-state index is 13.2. The van der Waals surface area contributed by atoms with Gasteiger partial charge >= 0.3 is 0 Å². The Kier molecular flexibility index (Phi) is 6.67. The summed E-state index contributed by atoms with van der Waals surface area (Å²) in [5, 5.41) is 5.59. The molecule has 2 saturated heterocycles. The molecule has 42 heavy (non-hydrogen) atoms. The molecular formula is C32H29N5O4S. The fraction of sp³-hybridized carbons (Fsp3) is 0.312. The van der Waals surface area contributed by atoms with Crippen LogP contribution in [0.3, 0.4) is 0 Å². The zero-order chi connectivity index (χ0) is 29.0. The number of fused-ring (bicyclic) bond motifs is 2. The van der Waals surface area contributed by atoms with Gasteiger partial charge in [0.05, 0.1) is 16.8 Å². The molecule has 0 aliphatic carbocycles. The van der Waals surface area contributed by atoms with E-state index in [1.54, 1.807) is 23.5 Å². The van der Waals surface area contributed by atoms with Crippen LogP contribution >= 0.6 is 11.3 Å². The van der Waals surface area contributed by atoms with Gasteiger partial charge in [-0.3, -0.25) is 34.3 Å². The van der Waals surface area contributed by atoms with Gasteiger partial charge in [-0.05, 0) is 62.5 Å². The van der Waals surface area contributed by atoms with Crippen LogP contribution in [0.4, 0.5) is 0 Å². The Morgan fingerprint density at radius 3 is 2.43 bits per heavy atom. The first kappa shape index (κ1) is 26.6. The molecule has 9 nitrogen and oxygen atoms in total. The van der Waals surface area contributed by atoms with Gasteiger partial charge in [-0.1, -0.05) is 36.4 Å². The van der Waals surface area contributed by atoms with Crippen LogP contribution in [0.2, 0.25) is 0 Å². The van der Waals surface area contributed by atoms with Gasteiger partial charge < -0.3 is 0 Å². The molecule has 7 rings (SSSR count). The minimum atomic E-state index is -0.958. The topological polar surface area (TPSA) is 113 Å². The normalized spacial score (nSPS) is 19.9. The summed E-state index contributed by atoms with van der Waals surface area (Å²) in [6.45, 7) is 4.38. The Hall–Kier alpha value is -4.28. The molecule has 0 bridgehead atoms. The number of aryl methyl sites for hydroxylation is 1. The summed E-state index contributed by atoms with van der Waals surface area (Å²) in [4.78, 5) is 64.3. The quantitative estimate of drug-likeness (QED) is 0.348. The Balaban J connectivity index is 1.07. The van der Waals surface area contributed by atoms with Gasteiger partial charge in [0.15, 0.2) is 0 Å².